The molecule has 10 heteroatoms. The lowest BCUT2D eigenvalue weighted by Gasteiger charge is -2.43. The Labute approximate surface area is 263 Å². The molecular weight excluding hydrogens is 597 g/mol. The zero-order valence-electron chi connectivity index (χ0n) is 25.7. The van der Waals surface area contributed by atoms with Crippen LogP contribution >= 0.6 is 23.5 Å². The van der Waals surface area contributed by atoms with E-state index >= 15 is 0 Å². The third-order valence-corrected chi connectivity index (χ3v) is 10.2. The lowest BCUT2D eigenvalue weighted by atomic mass is 9.68. The van der Waals surface area contributed by atoms with Crippen LogP contribution < -0.4 is 9.47 Å². The van der Waals surface area contributed by atoms with Crippen molar-refractivity contribution in [2.24, 2.45) is 0 Å². The molecule has 0 saturated carbocycles. The maximum Gasteiger partial charge on any atom is 0.411 e. The van der Waals surface area contributed by atoms with Gasteiger partial charge in [0.2, 0.25) is 0 Å². The predicted molar refractivity (Wildman–Crippen MR) is 170 cm³/mol. The highest BCUT2D eigenvalue weighted by atomic mass is 32.2. The number of halogens is 3. The van der Waals surface area contributed by atoms with E-state index in [2.05, 4.69) is 42.0 Å². The Kier molecular flexibility index (Phi) is 15.9. The van der Waals surface area contributed by atoms with E-state index in [-0.39, 0.29) is 25.6 Å². The van der Waals surface area contributed by atoms with Crippen LogP contribution in [0.4, 0.5) is 13.2 Å². The number of unbranched alkanes of at least 4 members (excludes halogenated alkanes) is 6. The van der Waals surface area contributed by atoms with Gasteiger partial charge in [-0.25, -0.2) is 0 Å². The molecule has 3 rings (SSSR count). The Morgan fingerprint density at radius 3 is 2.14 bits per heavy atom. The third-order valence-electron chi connectivity index (χ3n) is 7.78. The molecular formula is C33H47F3O5S2. The largest absolute Gasteiger partial charge is 0.468 e. The van der Waals surface area contributed by atoms with Gasteiger partial charge in [-0.3, -0.25) is 0 Å². The Morgan fingerprint density at radius 2 is 1.47 bits per heavy atom. The summed E-state index contributed by atoms with van der Waals surface area (Å²) in [5.74, 6) is 4.62. The molecule has 1 aliphatic rings. The van der Waals surface area contributed by atoms with Crippen LogP contribution in [0.25, 0.3) is 0 Å². The smallest absolute Gasteiger partial charge is 0.411 e. The zero-order chi connectivity index (χ0) is 31.0. The van der Waals surface area contributed by atoms with E-state index in [1.807, 2.05) is 23.9 Å². The first-order valence-corrected chi connectivity index (χ1v) is 17.2. The minimum atomic E-state index is -4.24. The minimum Gasteiger partial charge on any atom is -0.468 e. The number of thioether (sulfide) groups is 2. The van der Waals surface area contributed by atoms with Gasteiger partial charge >= 0.3 is 6.18 Å². The normalized spacial score (nSPS) is 18.4. The fourth-order valence-electron chi connectivity index (χ4n) is 5.48. The fourth-order valence-corrected chi connectivity index (χ4v) is 7.73. The topological polar surface area (TPSA) is 46.2 Å². The first-order chi connectivity index (χ1) is 20.8. The molecule has 242 valence electrons. The molecule has 1 heterocycles. The maximum absolute atomic E-state index is 12.1. The van der Waals surface area contributed by atoms with E-state index in [1.165, 1.54) is 54.5 Å². The molecule has 0 saturated heterocycles. The Morgan fingerprint density at radius 1 is 0.837 bits per heavy atom. The molecule has 0 amide bonds. The number of rotatable bonds is 21. The number of hydrogen-bond acceptors (Lipinski definition) is 7. The number of hydrogen-bond donors (Lipinski definition) is 0. The number of fused-ring (bicyclic) bond motifs is 1. The summed E-state index contributed by atoms with van der Waals surface area (Å²) in [6.45, 7) is 1.88. The monoisotopic (exact) mass is 644 g/mol. The zero-order valence-corrected chi connectivity index (χ0v) is 27.4. The second-order valence-corrected chi connectivity index (χ2v) is 13.4. The van der Waals surface area contributed by atoms with Crippen LogP contribution in [0.5, 0.6) is 11.5 Å². The van der Waals surface area contributed by atoms with Crippen molar-refractivity contribution in [1.29, 1.82) is 0 Å². The quantitative estimate of drug-likeness (QED) is 0.0992. The van der Waals surface area contributed by atoms with Crippen molar-refractivity contribution in [2.75, 3.05) is 58.3 Å². The number of benzene rings is 2. The van der Waals surface area contributed by atoms with Crippen molar-refractivity contribution in [2.45, 2.75) is 80.7 Å². The summed E-state index contributed by atoms with van der Waals surface area (Å²) < 4.78 is 62.4. The second kappa shape index (κ2) is 19.0. The first kappa shape index (κ1) is 35.9. The van der Waals surface area contributed by atoms with Crippen molar-refractivity contribution >= 4 is 23.5 Å². The van der Waals surface area contributed by atoms with Crippen molar-refractivity contribution in [3.63, 3.8) is 0 Å². The molecule has 2 unspecified atom stereocenters. The molecule has 0 fully saturated rings. The van der Waals surface area contributed by atoms with Crippen LogP contribution in [0.2, 0.25) is 0 Å². The van der Waals surface area contributed by atoms with E-state index in [1.54, 1.807) is 26.0 Å². The maximum atomic E-state index is 12.1. The highest BCUT2D eigenvalue weighted by Crippen LogP contribution is 2.52. The first-order valence-electron chi connectivity index (χ1n) is 15.1. The molecule has 1 aliphatic heterocycles. The average Bonchev–Trinajstić information content (AvgIpc) is 2.99. The van der Waals surface area contributed by atoms with Crippen molar-refractivity contribution in [3.05, 3.63) is 53.6 Å². The fraction of sp³-hybridized carbons (Fsp3) is 0.636. The molecule has 2 aromatic carbocycles. The molecule has 43 heavy (non-hydrogen) atoms. The van der Waals surface area contributed by atoms with Gasteiger partial charge in [-0.05, 0) is 59.9 Å². The lowest BCUT2D eigenvalue weighted by Crippen LogP contribution is -2.36. The van der Waals surface area contributed by atoms with Gasteiger partial charge in [-0.15, -0.1) is 11.8 Å². The molecule has 5 nitrogen and oxygen atoms in total. The summed E-state index contributed by atoms with van der Waals surface area (Å²) in [6, 6.07) is 14.9. The molecule has 2 atom stereocenters. The Balaban J connectivity index is 1.47. The van der Waals surface area contributed by atoms with Crippen molar-refractivity contribution < 1.29 is 36.9 Å². The van der Waals surface area contributed by atoms with E-state index in [0.717, 1.165) is 35.8 Å². The van der Waals surface area contributed by atoms with Gasteiger partial charge in [0.25, 0.3) is 0 Å². The lowest BCUT2D eigenvalue weighted by molar-refractivity contribution is -0.172. The van der Waals surface area contributed by atoms with E-state index in [4.69, 9.17) is 18.9 Å². The van der Waals surface area contributed by atoms with E-state index in [9.17, 15) is 13.2 Å². The van der Waals surface area contributed by atoms with Gasteiger partial charge in [0.15, 0.2) is 13.6 Å². The molecule has 0 bridgehead atoms. The van der Waals surface area contributed by atoms with Crippen molar-refractivity contribution in [1.82, 2.24) is 0 Å². The highest BCUT2D eigenvalue weighted by Gasteiger charge is 2.41. The van der Waals surface area contributed by atoms with E-state index in [0.29, 0.717) is 11.7 Å². The molecule has 2 aromatic rings. The van der Waals surface area contributed by atoms with Crippen LogP contribution in [-0.4, -0.2) is 64.5 Å². The van der Waals surface area contributed by atoms with Crippen LogP contribution in [0, 0.1) is 0 Å². The number of ether oxygens (including phenoxy) is 5. The van der Waals surface area contributed by atoms with Crippen LogP contribution in [0.1, 0.15) is 75.3 Å². The van der Waals surface area contributed by atoms with Crippen LogP contribution in [0.3, 0.4) is 0 Å². The Hall–Kier alpha value is -1.59. The summed E-state index contributed by atoms with van der Waals surface area (Å²) >= 11 is 3.57. The van der Waals surface area contributed by atoms with Gasteiger partial charge in [-0.1, -0.05) is 63.6 Å². The summed E-state index contributed by atoms with van der Waals surface area (Å²) in [7, 11) is 3.25. The van der Waals surface area contributed by atoms with Gasteiger partial charge in [0.05, 0.1) is 6.61 Å². The van der Waals surface area contributed by atoms with Crippen LogP contribution in [-0.2, 0) is 19.6 Å². The average molecular weight is 645 g/mol. The Bertz CT molecular complexity index is 1050. The molecule has 0 aliphatic carbocycles. The summed E-state index contributed by atoms with van der Waals surface area (Å²) in [6.07, 6.45) is 5.18. The summed E-state index contributed by atoms with van der Waals surface area (Å²) in [5.41, 5.74) is 2.70. The minimum absolute atomic E-state index is 0.0121. The van der Waals surface area contributed by atoms with Gasteiger partial charge in [-0.2, -0.15) is 24.9 Å². The number of methoxy groups -OCH3 is 2. The molecule has 0 N–H and O–H groups in total. The predicted octanol–water partition coefficient (Wildman–Crippen LogP) is 9.23. The third kappa shape index (κ3) is 12.4. The summed E-state index contributed by atoms with van der Waals surface area (Å²) in [5, 5.41) is 0. The van der Waals surface area contributed by atoms with E-state index < -0.39 is 12.8 Å². The standard InChI is InChI=1S/C33H47F3O5S2/c1-32(26-12-14-27(15-13-26)40-24-37-2)23-43-31-21-28(41-25-38-3)16-17-29(31)30(32)11-9-7-5-4-6-8-10-19-42-20-18-39-22-33(34,35)36/h12-17,21,30H,4-11,18-20,22-25H2,1-3H3. The SMILES string of the molecule is COCOc1ccc(C2(C)CSc3cc(OCOC)ccc3C2CCCCCCCCCSCCOCC(F)(F)F)cc1. The van der Waals surface area contributed by atoms with Gasteiger partial charge in [0, 0.05) is 36.0 Å². The molecule has 0 aromatic heterocycles. The van der Waals surface area contributed by atoms with Crippen LogP contribution in [0.15, 0.2) is 47.4 Å². The highest BCUT2D eigenvalue weighted by molar-refractivity contribution is 7.99. The second-order valence-electron chi connectivity index (χ2n) is 11.1. The van der Waals surface area contributed by atoms with Gasteiger partial charge < -0.3 is 23.7 Å². The number of alkyl halides is 3. The molecule has 0 radical (unpaired) electrons. The molecule has 0 spiro atoms. The summed E-state index contributed by atoms with van der Waals surface area (Å²) in [4.78, 5) is 1.29. The van der Waals surface area contributed by atoms with Gasteiger partial charge in [0.1, 0.15) is 18.1 Å². The van der Waals surface area contributed by atoms with Crippen molar-refractivity contribution in [3.8, 4) is 11.5 Å².